The summed E-state index contributed by atoms with van der Waals surface area (Å²) in [7, 11) is -3.39. The topological polar surface area (TPSA) is 89.5 Å². The number of benzene rings is 2. The molecule has 0 saturated carbocycles. The summed E-state index contributed by atoms with van der Waals surface area (Å²) in [5, 5.41) is 1.53. The highest BCUT2D eigenvalue weighted by atomic mass is 32.2. The molecule has 8 heteroatoms. The van der Waals surface area contributed by atoms with Crippen LogP contribution >= 0.6 is 11.8 Å². The van der Waals surface area contributed by atoms with Crippen LogP contribution in [0.1, 0.15) is 11.1 Å². The number of thioether (sulfide) groups is 1. The molecule has 1 heterocycles. The van der Waals surface area contributed by atoms with E-state index in [1.807, 2.05) is 6.92 Å². The average Bonchev–Trinajstić information content (AvgIpc) is 2.94. The van der Waals surface area contributed by atoms with Gasteiger partial charge in [0.2, 0.25) is 5.91 Å². The molecule has 27 heavy (non-hydrogen) atoms. The quantitative estimate of drug-likeness (QED) is 0.762. The molecular formula is C19H19NO5S2. The maximum atomic E-state index is 12.3. The first-order valence-corrected chi connectivity index (χ1v) is 10.9. The monoisotopic (exact) mass is 405 g/mol. The Hall–Kier alpha value is -2.32. The third-order valence-corrected chi connectivity index (χ3v) is 6.79. The summed E-state index contributed by atoms with van der Waals surface area (Å²) in [6, 6.07) is 13.8. The van der Waals surface area contributed by atoms with E-state index < -0.39 is 15.1 Å². The van der Waals surface area contributed by atoms with Crippen molar-refractivity contribution in [3.63, 3.8) is 0 Å². The highest BCUT2D eigenvalue weighted by Crippen LogP contribution is 2.24. The lowest BCUT2D eigenvalue weighted by molar-refractivity contribution is -0.118. The Morgan fingerprint density at radius 2 is 1.70 bits per heavy atom. The molecule has 1 N–H and O–H groups in total. The van der Waals surface area contributed by atoms with Crippen molar-refractivity contribution < 1.29 is 22.7 Å². The van der Waals surface area contributed by atoms with Crippen LogP contribution in [0, 0.1) is 6.92 Å². The molecule has 3 rings (SSSR count). The normalized spacial score (nSPS) is 17.0. The second-order valence-electron chi connectivity index (χ2n) is 6.21. The molecule has 0 spiro atoms. The van der Waals surface area contributed by atoms with Crippen molar-refractivity contribution in [3.05, 3.63) is 59.7 Å². The van der Waals surface area contributed by atoms with Crippen LogP contribution in [0.4, 0.5) is 4.79 Å². The van der Waals surface area contributed by atoms with Crippen molar-refractivity contribution >= 4 is 32.7 Å². The summed E-state index contributed by atoms with van der Waals surface area (Å²) in [5.41, 5.74) is 1.90. The summed E-state index contributed by atoms with van der Waals surface area (Å²) in [4.78, 5) is 23.1. The molecule has 0 aromatic heterocycles. The number of carbonyl (C=O) groups excluding carboxylic acids is 2. The maximum Gasteiger partial charge on any atom is 0.286 e. The standard InChI is InChI=1S/C19H19NO5S2/c1-13-2-8-16(9-3-13)27(23,24)11-10-25-15-6-4-14(5-7-15)12-17-18(21)20-19(22)26-17/h2-9,17H,10-12H2,1H3,(H,20,21,22). The van der Waals surface area contributed by atoms with E-state index in [0.29, 0.717) is 12.2 Å². The van der Waals surface area contributed by atoms with Crippen molar-refractivity contribution in [1.29, 1.82) is 0 Å². The minimum absolute atomic E-state index is 0.0466. The van der Waals surface area contributed by atoms with E-state index in [2.05, 4.69) is 5.32 Å². The van der Waals surface area contributed by atoms with Gasteiger partial charge in [0.1, 0.15) is 12.4 Å². The lowest BCUT2D eigenvalue weighted by Crippen LogP contribution is -2.25. The summed E-state index contributed by atoms with van der Waals surface area (Å²) in [6.45, 7) is 1.95. The zero-order valence-electron chi connectivity index (χ0n) is 14.7. The molecule has 0 radical (unpaired) electrons. The predicted molar refractivity (Wildman–Crippen MR) is 104 cm³/mol. The molecule has 1 aliphatic heterocycles. The number of rotatable bonds is 7. The summed E-state index contributed by atoms with van der Waals surface area (Å²) in [6.07, 6.45) is 0.449. The van der Waals surface area contributed by atoms with Gasteiger partial charge in [-0.25, -0.2) is 8.42 Å². The second-order valence-corrected chi connectivity index (χ2v) is 9.50. The summed E-state index contributed by atoms with van der Waals surface area (Å²) in [5.74, 6) is 0.169. The molecule has 1 unspecified atom stereocenters. The molecule has 142 valence electrons. The van der Waals surface area contributed by atoms with Gasteiger partial charge in [-0.15, -0.1) is 0 Å². The lowest BCUT2D eigenvalue weighted by Gasteiger charge is -2.09. The zero-order valence-corrected chi connectivity index (χ0v) is 16.3. The molecule has 2 aromatic carbocycles. The second kappa shape index (κ2) is 8.14. The van der Waals surface area contributed by atoms with Crippen LogP contribution in [0.2, 0.25) is 0 Å². The summed E-state index contributed by atoms with van der Waals surface area (Å²) < 4.78 is 30.1. The fourth-order valence-electron chi connectivity index (χ4n) is 2.60. The highest BCUT2D eigenvalue weighted by Gasteiger charge is 2.31. The van der Waals surface area contributed by atoms with Crippen molar-refractivity contribution in [2.75, 3.05) is 12.4 Å². The van der Waals surface area contributed by atoms with E-state index in [-0.39, 0.29) is 28.4 Å². The number of hydrogen-bond donors (Lipinski definition) is 1. The van der Waals surface area contributed by atoms with Crippen molar-refractivity contribution in [1.82, 2.24) is 5.32 Å². The Kier molecular flexibility index (Phi) is 5.86. The van der Waals surface area contributed by atoms with Gasteiger partial charge in [0.05, 0.1) is 15.9 Å². The number of aryl methyl sites for hydroxylation is 1. The molecule has 2 aromatic rings. The van der Waals surface area contributed by atoms with Crippen molar-refractivity contribution in [2.24, 2.45) is 0 Å². The minimum atomic E-state index is -3.39. The largest absolute Gasteiger partial charge is 0.493 e. The van der Waals surface area contributed by atoms with E-state index in [1.165, 1.54) is 0 Å². The first-order valence-electron chi connectivity index (χ1n) is 8.36. The molecule has 1 fully saturated rings. The van der Waals surface area contributed by atoms with Crippen LogP contribution in [0.3, 0.4) is 0 Å². The molecule has 0 bridgehead atoms. The van der Waals surface area contributed by atoms with E-state index in [4.69, 9.17) is 4.74 Å². The van der Waals surface area contributed by atoms with Crippen LogP contribution in [-0.4, -0.2) is 37.2 Å². The van der Waals surface area contributed by atoms with Gasteiger partial charge in [0, 0.05) is 0 Å². The van der Waals surface area contributed by atoms with Crippen LogP contribution in [0.5, 0.6) is 5.75 Å². The lowest BCUT2D eigenvalue weighted by atomic mass is 10.1. The predicted octanol–water partition coefficient (Wildman–Crippen LogP) is 2.74. The Labute approximate surface area is 162 Å². The number of amides is 2. The minimum Gasteiger partial charge on any atom is -0.493 e. The first kappa shape index (κ1) is 19.4. The van der Waals surface area contributed by atoms with Gasteiger partial charge in [0.15, 0.2) is 9.84 Å². The smallest absolute Gasteiger partial charge is 0.286 e. The number of ether oxygens (including phenoxy) is 1. The van der Waals surface area contributed by atoms with Gasteiger partial charge in [0.25, 0.3) is 5.24 Å². The Bertz CT molecular complexity index is 937. The fourth-order valence-corrected chi connectivity index (χ4v) is 4.55. The van der Waals surface area contributed by atoms with Crippen LogP contribution in [0.15, 0.2) is 53.4 Å². The van der Waals surface area contributed by atoms with Gasteiger partial charge in [-0.3, -0.25) is 14.9 Å². The Morgan fingerprint density at radius 3 is 2.30 bits per heavy atom. The van der Waals surface area contributed by atoms with E-state index in [0.717, 1.165) is 22.9 Å². The molecule has 1 saturated heterocycles. The fraction of sp³-hybridized carbons (Fsp3) is 0.263. The van der Waals surface area contributed by atoms with Crippen LogP contribution in [-0.2, 0) is 21.1 Å². The molecule has 1 atom stereocenters. The molecule has 1 aliphatic rings. The number of hydrogen-bond acceptors (Lipinski definition) is 6. The van der Waals surface area contributed by atoms with Gasteiger partial charge in [-0.2, -0.15) is 0 Å². The third-order valence-electron chi connectivity index (χ3n) is 4.11. The van der Waals surface area contributed by atoms with Crippen molar-refractivity contribution in [3.8, 4) is 5.75 Å². The van der Waals surface area contributed by atoms with Gasteiger partial charge >= 0.3 is 0 Å². The van der Waals surface area contributed by atoms with Gasteiger partial charge < -0.3 is 4.74 Å². The van der Waals surface area contributed by atoms with E-state index in [9.17, 15) is 18.0 Å². The van der Waals surface area contributed by atoms with Crippen LogP contribution in [0.25, 0.3) is 0 Å². The number of imide groups is 1. The van der Waals surface area contributed by atoms with Crippen molar-refractivity contribution in [2.45, 2.75) is 23.5 Å². The summed E-state index contributed by atoms with van der Waals surface area (Å²) >= 11 is 0.991. The van der Waals surface area contributed by atoms with E-state index >= 15 is 0 Å². The SMILES string of the molecule is Cc1ccc(S(=O)(=O)CCOc2ccc(CC3SC(=O)NC3=O)cc2)cc1. The number of carbonyl (C=O) groups is 2. The highest BCUT2D eigenvalue weighted by molar-refractivity contribution is 8.15. The molecule has 0 aliphatic carbocycles. The average molecular weight is 405 g/mol. The maximum absolute atomic E-state index is 12.3. The first-order chi connectivity index (χ1) is 12.8. The van der Waals surface area contributed by atoms with Gasteiger partial charge in [-0.1, -0.05) is 41.6 Å². The zero-order chi connectivity index (χ0) is 19.4. The molecular weight excluding hydrogens is 386 g/mol. The van der Waals surface area contributed by atoms with Gasteiger partial charge in [-0.05, 0) is 43.2 Å². The van der Waals surface area contributed by atoms with E-state index in [1.54, 1.807) is 48.5 Å². The molecule has 6 nitrogen and oxygen atoms in total. The number of nitrogens with one attached hydrogen (secondary N) is 1. The Balaban J connectivity index is 1.52. The third kappa shape index (κ3) is 5.11. The van der Waals surface area contributed by atoms with Crippen LogP contribution < -0.4 is 10.1 Å². The molecule has 2 amide bonds. The number of sulfone groups is 1. The Morgan fingerprint density at radius 1 is 1.04 bits per heavy atom.